The van der Waals surface area contributed by atoms with E-state index in [1.165, 1.54) is 0 Å². The maximum absolute atomic E-state index is 11.2. The number of hydrogen-bond donors (Lipinski definition) is 3. The molecular weight excluding hydrogens is 208 g/mol. The molecule has 0 saturated heterocycles. The Hall–Kier alpha value is -1.10. The molecule has 0 aliphatic rings. The summed E-state index contributed by atoms with van der Waals surface area (Å²) < 4.78 is 0. The number of carboxylic acids is 1. The lowest BCUT2D eigenvalue weighted by Gasteiger charge is -2.04. The van der Waals surface area contributed by atoms with E-state index >= 15 is 0 Å². The van der Waals surface area contributed by atoms with E-state index < -0.39 is 5.97 Å². The highest BCUT2D eigenvalue weighted by atomic mass is 16.4. The summed E-state index contributed by atoms with van der Waals surface area (Å²) in [5.41, 5.74) is 0. The predicted octanol–water partition coefficient (Wildman–Crippen LogP) is 0.747. The van der Waals surface area contributed by atoms with Crippen molar-refractivity contribution >= 4 is 11.9 Å². The number of carbonyl (C=O) groups excluding carboxylic acids is 1. The minimum atomic E-state index is -0.736. The number of amides is 1. The van der Waals surface area contributed by atoms with Gasteiger partial charge in [-0.1, -0.05) is 12.8 Å². The van der Waals surface area contributed by atoms with Crippen LogP contribution in [0.1, 0.15) is 38.5 Å². The van der Waals surface area contributed by atoms with Crippen LogP contribution in [-0.4, -0.2) is 37.1 Å². The molecule has 0 aromatic carbocycles. The molecule has 0 rings (SSSR count). The van der Waals surface area contributed by atoms with Gasteiger partial charge in [-0.2, -0.15) is 0 Å². The molecule has 0 spiro atoms. The van der Waals surface area contributed by atoms with Crippen molar-refractivity contribution in [2.24, 2.45) is 0 Å². The van der Waals surface area contributed by atoms with Crippen LogP contribution in [0.4, 0.5) is 0 Å². The summed E-state index contributed by atoms with van der Waals surface area (Å²) in [6.07, 6.45) is 4.29. The van der Waals surface area contributed by atoms with Gasteiger partial charge < -0.3 is 15.7 Å². The van der Waals surface area contributed by atoms with Crippen molar-refractivity contribution in [3.8, 4) is 0 Å². The molecule has 94 valence electrons. The van der Waals surface area contributed by atoms with E-state index in [4.69, 9.17) is 5.11 Å². The summed E-state index contributed by atoms with van der Waals surface area (Å²) in [5.74, 6) is -0.666. The van der Waals surface area contributed by atoms with Crippen molar-refractivity contribution in [2.45, 2.75) is 38.5 Å². The average Bonchev–Trinajstić information content (AvgIpc) is 2.24. The molecule has 1 amide bonds. The number of hydrogen-bond acceptors (Lipinski definition) is 3. The first-order valence-electron chi connectivity index (χ1n) is 5.80. The Kier molecular flexibility index (Phi) is 9.70. The Morgan fingerprint density at radius 1 is 1.00 bits per heavy atom. The van der Waals surface area contributed by atoms with Gasteiger partial charge in [0.05, 0.1) is 0 Å². The molecule has 3 N–H and O–H groups in total. The molecule has 0 saturated carbocycles. The molecule has 5 nitrogen and oxygen atoms in total. The molecule has 0 fully saturated rings. The van der Waals surface area contributed by atoms with Gasteiger partial charge in [-0.15, -0.1) is 0 Å². The van der Waals surface area contributed by atoms with Crippen LogP contribution in [0, 0.1) is 0 Å². The van der Waals surface area contributed by atoms with E-state index in [0.29, 0.717) is 19.5 Å². The zero-order chi connectivity index (χ0) is 12.2. The van der Waals surface area contributed by atoms with Crippen LogP contribution >= 0.6 is 0 Å². The van der Waals surface area contributed by atoms with Crippen molar-refractivity contribution in [3.05, 3.63) is 0 Å². The van der Waals surface area contributed by atoms with Crippen molar-refractivity contribution in [2.75, 3.05) is 20.1 Å². The molecule has 5 heteroatoms. The zero-order valence-electron chi connectivity index (χ0n) is 9.92. The molecule has 0 aromatic heterocycles. The third kappa shape index (κ3) is 11.0. The fourth-order valence-electron chi connectivity index (χ4n) is 1.31. The lowest BCUT2D eigenvalue weighted by Crippen LogP contribution is -2.27. The minimum absolute atomic E-state index is 0.0693. The van der Waals surface area contributed by atoms with Crippen LogP contribution < -0.4 is 10.6 Å². The predicted molar refractivity (Wildman–Crippen MR) is 62.3 cm³/mol. The molecule has 0 aliphatic heterocycles. The molecule has 0 aromatic rings. The van der Waals surface area contributed by atoms with E-state index in [9.17, 15) is 9.59 Å². The van der Waals surface area contributed by atoms with Gasteiger partial charge in [-0.25, -0.2) is 0 Å². The number of carbonyl (C=O) groups is 2. The number of carboxylic acid groups (broad SMARTS) is 1. The van der Waals surface area contributed by atoms with Crippen LogP contribution in [0.25, 0.3) is 0 Å². The average molecular weight is 230 g/mol. The quantitative estimate of drug-likeness (QED) is 0.484. The lowest BCUT2D eigenvalue weighted by molar-refractivity contribution is -0.137. The fraction of sp³-hybridized carbons (Fsp3) is 0.818. The van der Waals surface area contributed by atoms with Gasteiger partial charge in [-0.3, -0.25) is 9.59 Å². The normalized spacial score (nSPS) is 10.1. The summed E-state index contributed by atoms with van der Waals surface area (Å²) in [7, 11) is 1.82. The summed E-state index contributed by atoms with van der Waals surface area (Å²) >= 11 is 0. The van der Waals surface area contributed by atoms with Crippen molar-refractivity contribution < 1.29 is 14.7 Å². The standard InChI is InChI=1S/C11H22N2O3/c1-12-9-7-10(14)13-8-5-3-2-4-6-11(15)16/h12H,2-9H2,1H3,(H,13,14)(H,15,16). The Labute approximate surface area is 96.6 Å². The third-order valence-corrected chi connectivity index (χ3v) is 2.24. The molecule has 0 atom stereocenters. The van der Waals surface area contributed by atoms with E-state index in [0.717, 1.165) is 25.7 Å². The van der Waals surface area contributed by atoms with Crippen LogP contribution in [0.3, 0.4) is 0 Å². The summed E-state index contributed by atoms with van der Waals surface area (Å²) in [6, 6.07) is 0. The number of rotatable bonds is 10. The van der Waals surface area contributed by atoms with E-state index in [1.807, 2.05) is 7.05 Å². The first kappa shape index (κ1) is 14.9. The van der Waals surface area contributed by atoms with Crippen LogP contribution in [0.2, 0.25) is 0 Å². The number of unbranched alkanes of at least 4 members (excludes halogenated alkanes) is 3. The Morgan fingerprint density at radius 2 is 1.69 bits per heavy atom. The van der Waals surface area contributed by atoms with E-state index in [1.54, 1.807) is 0 Å². The lowest BCUT2D eigenvalue weighted by atomic mass is 10.1. The van der Waals surface area contributed by atoms with Crippen LogP contribution in [-0.2, 0) is 9.59 Å². The van der Waals surface area contributed by atoms with Crippen LogP contribution in [0.5, 0.6) is 0 Å². The molecule has 0 bridgehead atoms. The highest BCUT2D eigenvalue weighted by Crippen LogP contribution is 2.02. The Bertz CT molecular complexity index is 207. The maximum Gasteiger partial charge on any atom is 0.303 e. The number of nitrogens with one attached hydrogen (secondary N) is 2. The number of aliphatic carboxylic acids is 1. The fourth-order valence-corrected chi connectivity index (χ4v) is 1.31. The van der Waals surface area contributed by atoms with Crippen LogP contribution in [0.15, 0.2) is 0 Å². The second kappa shape index (κ2) is 10.4. The molecular formula is C11H22N2O3. The van der Waals surface area contributed by atoms with Crippen molar-refractivity contribution in [3.63, 3.8) is 0 Å². The zero-order valence-corrected chi connectivity index (χ0v) is 9.92. The first-order valence-corrected chi connectivity index (χ1v) is 5.80. The SMILES string of the molecule is CNCCC(=O)NCCCCCCC(=O)O. The van der Waals surface area contributed by atoms with Gasteiger partial charge in [0.25, 0.3) is 0 Å². The van der Waals surface area contributed by atoms with Gasteiger partial charge in [0.1, 0.15) is 0 Å². The van der Waals surface area contributed by atoms with Crippen molar-refractivity contribution in [1.82, 2.24) is 10.6 Å². The van der Waals surface area contributed by atoms with E-state index in [-0.39, 0.29) is 12.3 Å². The van der Waals surface area contributed by atoms with Gasteiger partial charge in [0.15, 0.2) is 0 Å². The van der Waals surface area contributed by atoms with Gasteiger partial charge in [-0.05, 0) is 19.9 Å². The highest BCUT2D eigenvalue weighted by molar-refractivity contribution is 5.75. The highest BCUT2D eigenvalue weighted by Gasteiger charge is 1.99. The van der Waals surface area contributed by atoms with E-state index in [2.05, 4.69) is 10.6 Å². The topological polar surface area (TPSA) is 78.4 Å². The van der Waals surface area contributed by atoms with Gasteiger partial charge in [0, 0.05) is 25.9 Å². The summed E-state index contributed by atoms with van der Waals surface area (Å²) in [5, 5.41) is 14.1. The minimum Gasteiger partial charge on any atom is -0.481 e. The second-order valence-corrected chi connectivity index (χ2v) is 3.76. The first-order chi connectivity index (χ1) is 7.66. The molecule has 0 radical (unpaired) electrons. The van der Waals surface area contributed by atoms with Crippen molar-refractivity contribution in [1.29, 1.82) is 0 Å². The smallest absolute Gasteiger partial charge is 0.303 e. The monoisotopic (exact) mass is 230 g/mol. The molecule has 16 heavy (non-hydrogen) atoms. The molecule has 0 heterocycles. The summed E-state index contributed by atoms with van der Waals surface area (Å²) in [4.78, 5) is 21.4. The Morgan fingerprint density at radius 3 is 2.31 bits per heavy atom. The summed E-state index contributed by atoms with van der Waals surface area (Å²) in [6.45, 7) is 1.39. The molecule has 0 unspecified atom stereocenters. The Balaban J connectivity index is 3.14. The third-order valence-electron chi connectivity index (χ3n) is 2.24. The van der Waals surface area contributed by atoms with Gasteiger partial charge in [0.2, 0.25) is 5.91 Å². The van der Waals surface area contributed by atoms with Gasteiger partial charge >= 0.3 is 5.97 Å². The second-order valence-electron chi connectivity index (χ2n) is 3.76. The largest absolute Gasteiger partial charge is 0.481 e. The maximum atomic E-state index is 11.2. The molecule has 0 aliphatic carbocycles.